The largest absolute Gasteiger partial charge is 0.402 e. The van der Waals surface area contributed by atoms with E-state index in [1.165, 1.54) is 5.56 Å². The van der Waals surface area contributed by atoms with Crippen LogP contribution in [-0.4, -0.2) is 0 Å². The lowest BCUT2D eigenvalue weighted by Crippen LogP contribution is -2.01. The SMILES string of the molecule is CC/C(N)=C/c1c(N)cccc1C(C)C. The van der Waals surface area contributed by atoms with Crippen LogP contribution < -0.4 is 11.5 Å². The molecular weight excluding hydrogens is 184 g/mol. The second kappa shape index (κ2) is 4.87. The molecule has 0 heterocycles. The summed E-state index contributed by atoms with van der Waals surface area (Å²) < 4.78 is 0. The molecule has 1 aromatic carbocycles. The Morgan fingerprint density at radius 2 is 2.07 bits per heavy atom. The molecule has 0 saturated carbocycles. The van der Waals surface area contributed by atoms with Gasteiger partial charge in [-0.05, 0) is 30.0 Å². The number of nitrogens with two attached hydrogens (primary N) is 2. The Morgan fingerprint density at radius 3 is 2.60 bits per heavy atom. The molecule has 0 amide bonds. The van der Waals surface area contributed by atoms with E-state index in [1.807, 2.05) is 25.1 Å². The number of nitrogen functional groups attached to an aromatic ring is 1. The average molecular weight is 204 g/mol. The monoisotopic (exact) mass is 204 g/mol. The summed E-state index contributed by atoms with van der Waals surface area (Å²) in [5.41, 5.74) is 15.8. The van der Waals surface area contributed by atoms with E-state index in [1.54, 1.807) is 0 Å². The molecule has 0 unspecified atom stereocenters. The summed E-state index contributed by atoms with van der Waals surface area (Å²) in [5, 5.41) is 0. The van der Waals surface area contributed by atoms with Gasteiger partial charge < -0.3 is 11.5 Å². The minimum atomic E-state index is 0.462. The average Bonchev–Trinajstić information content (AvgIpc) is 2.20. The minimum absolute atomic E-state index is 0.462. The topological polar surface area (TPSA) is 52.0 Å². The molecule has 4 N–H and O–H groups in total. The van der Waals surface area contributed by atoms with Crippen molar-refractivity contribution in [3.8, 4) is 0 Å². The van der Waals surface area contributed by atoms with Crippen LogP contribution >= 0.6 is 0 Å². The van der Waals surface area contributed by atoms with Crippen molar-refractivity contribution in [1.82, 2.24) is 0 Å². The smallest absolute Gasteiger partial charge is 0.0391 e. The molecule has 15 heavy (non-hydrogen) atoms. The van der Waals surface area contributed by atoms with Gasteiger partial charge in [-0.2, -0.15) is 0 Å². The summed E-state index contributed by atoms with van der Waals surface area (Å²) in [6.07, 6.45) is 2.84. The highest BCUT2D eigenvalue weighted by atomic mass is 14.6. The maximum absolute atomic E-state index is 5.96. The minimum Gasteiger partial charge on any atom is -0.402 e. The van der Waals surface area contributed by atoms with E-state index < -0.39 is 0 Å². The van der Waals surface area contributed by atoms with Gasteiger partial charge in [-0.15, -0.1) is 0 Å². The van der Waals surface area contributed by atoms with E-state index in [0.717, 1.165) is 23.4 Å². The molecule has 0 aliphatic rings. The van der Waals surface area contributed by atoms with Crippen LogP contribution in [0.1, 0.15) is 44.2 Å². The predicted molar refractivity (Wildman–Crippen MR) is 67.4 cm³/mol. The molecule has 0 radical (unpaired) electrons. The number of hydrogen-bond donors (Lipinski definition) is 2. The van der Waals surface area contributed by atoms with Crippen molar-refractivity contribution < 1.29 is 0 Å². The van der Waals surface area contributed by atoms with Crippen LogP contribution in [0.5, 0.6) is 0 Å². The Labute approximate surface area is 92.0 Å². The Morgan fingerprint density at radius 1 is 1.40 bits per heavy atom. The Hall–Kier alpha value is -1.44. The zero-order valence-electron chi connectivity index (χ0n) is 9.75. The standard InChI is InChI=1S/C13H20N2/c1-4-10(14)8-12-11(9(2)3)6-5-7-13(12)15/h5-9H,4,14-15H2,1-3H3/b10-8-. The molecule has 0 atom stereocenters. The van der Waals surface area contributed by atoms with Crippen molar-refractivity contribution in [2.24, 2.45) is 5.73 Å². The van der Waals surface area contributed by atoms with Gasteiger partial charge >= 0.3 is 0 Å². The molecule has 0 aliphatic heterocycles. The van der Waals surface area contributed by atoms with E-state index in [0.29, 0.717) is 5.92 Å². The highest BCUT2D eigenvalue weighted by Crippen LogP contribution is 2.26. The van der Waals surface area contributed by atoms with Crippen molar-refractivity contribution >= 4 is 11.8 Å². The van der Waals surface area contributed by atoms with Crippen LogP contribution in [0.4, 0.5) is 5.69 Å². The predicted octanol–water partition coefficient (Wildman–Crippen LogP) is 3.10. The van der Waals surface area contributed by atoms with E-state index in [4.69, 9.17) is 11.5 Å². The van der Waals surface area contributed by atoms with Gasteiger partial charge in [-0.3, -0.25) is 0 Å². The summed E-state index contributed by atoms with van der Waals surface area (Å²) >= 11 is 0. The molecule has 1 aromatic rings. The normalized spacial score (nSPS) is 12.1. The summed E-state index contributed by atoms with van der Waals surface area (Å²) in [5.74, 6) is 0.462. The van der Waals surface area contributed by atoms with Gasteiger partial charge in [0, 0.05) is 16.9 Å². The Balaban J connectivity index is 3.25. The van der Waals surface area contributed by atoms with Gasteiger partial charge in [0.05, 0.1) is 0 Å². The van der Waals surface area contributed by atoms with Gasteiger partial charge in [0.15, 0.2) is 0 Å². The fraction of sp³-hybridized carbons (Fsp3) is 0.385. The van der Waals surface area contributed by atoms with Gasteiger partial charge in [-0.25, -0.2) is 0 Å². The molecule has 0 fully saturated rings. The zero-order valence-corrected chi connectivity index (χ0v) is 9.75. The van der Waals surface area contributed by atoms with Crippen LogP contribution in [-0.2, 0) is 0 Å². The van der Waals surface area contributed by atoms with E-state index in [9.17, 15) is 0 Å². The number of allylic oxidation sites excluding steroid dienone is 1. The van der Waals surface area contributed by atoms with Crippen LogP contribution in [0.3, 0.4) is 0 Å². The van der Waals surface area contributed by atoms with E-state index in [-0.39, 0.29) is 0 Å². The van der Waals surface area contributed by atoms with Gasteiger partial charge in [0.2, 0.25) is 0 Å². The molecule has 1 rings (SSSR count). The first kappa shape index (κ1) is 11.6. The lowest BCUT2D eigenvalue weighted by molar-refractivity contribution is 0.864. The third kappa shape index (κ3) is 2.75. The van der Waals surface area contributed by atoms with Gasteiger partial charge in [0.1, 0.15) is 0 Å². The third-order valence-corrected chi connectivity index (χ3v) is 2.53. The van der Waals surface area contributed by atoms with Crippen molar-refractivity contribution in [1.29, 1.82) is 0 Å². The molecule has 2 nitrogen and oxygen atoms in total. The number of anilines is 1. The maximum atomic E-state index is 5.96. The second-order valence-electron chi connectivity index (χ2n) is 4.08. The summed E-state index contributed by atoms with van der Waals surface area (Å²) in [4.78, 5) is 0. The molecule has 0 spiro atoms. The van der Waals surface area contributed by atoms with Crippen molar-refractivity contribution in [2.75, 3.05) is 5.73 Å². The lowest BCUT2D eigenvalue weighted by Gasteiger charge is -2.12. The molecule has 0 aromatic heterocycles. The van der Waals surface area contributed by atoms with Crippen molar-refractivity contribution in [2.45, 2.75) is 33.1 Å². The second-order valence-corrected chi connectivity index (χ2v) is 4.08. The first-order chi connectivity index (χ1) is 7.06. The molecule has 82 valence electrons. The fourth-order valence-electron chi connectivity index (χ4n) is 1.56. The van der Waals surface area contributed by atoms with Gasteiger partial charge in [0.25, 0.3) is 0 Å². The first-order valence-electron chi connectivity index (χ1n) is 5.40. The number of benzene rings is 1. The molecule has 2 heteroatoms. The molecule has 0 bridgehead atoms. The first-order valence-corrected chi connectivity index (χ1v) is 5.40. The molecular formula is C13H20N2. The lowest BCUT2D eigenvalue weighted by atomic mass is 9.95. The van der Waals surface area contributed by atoms with Gasteiger partial charge in [-0.1, -0.05) is 32.9 Å². The van der Waals surface area contributed by atoms with E-state index >= 15 is 0 Å². The third-order valence-electron chi connectivity index (χ3n) is 2.53. The highest BCUT2D eigenvalue weighted by molar-refractivity contribution is 5.69. The Kier molecular flexibility index (Phi) is 3.78. The summed E-state index contributed by atoms with van der Waals surface area (Å²) in [7, 11) is 0. The number of rotatable bonds is 3. The van der Waals surface area contributed by atoms with E-state index in [2.05, 4.69) is 19.9 Å². The van der Waals surface area contributed by atoms with Crippen molar-refractivity contribution in [3.63, 3.8) is 0 Å². The maximum Gasteiger partial charge on any atom is 0.0391 e. The van der Waals surface area contributed by atoms with Crippen molar-refractivity contribution in [3.05, 3.63) is 35.0 Å². The molecule has 0 saturated heterocycles. The molecule has 0 aliphatic carbocycles. The Bertz CT molecular complexity index is 365. The highest BCUT2D eigenvalue weighted by Gasteiger charge is 2.07. The van der Waals surface area contributed by atoms with Crippen LogP contribution in [0, 0.1) is 0 Å². The summed E-state index contributed by atoms with van der Waals surface area (Å²) in [6.45, 7) is 6.36. The van der Waals surface area contributed by atoms with Crippen LogP contribution in [0.2, 0.25) is 0 Å². The number of hydrogen-bond acceptors (Lipinski definition) is 2. The summed E-state index contributed by atoms with van der Waals surface area (Å²) in [6, 6.07) is 6.01. The fourth-order valence-corrected chi connectivity index (χ4v) is 1.56. The van der Waals surface area contributed by atoms with Crippen LogP contribution in [0.25, 0.3) is 6.08 Å². The zero-order chi connectivity index (χ0) is 11.4. The quantitative estimate of drug-likeness (QED) is 0.743. The van der Waals surface area contributed by atoms with Crippen LogP contribution in [0.15, 0.2) is 23.9 Å².